The summed E-state index contributed by atoms with van der Waals surface area (Å²) in [5.41, 5.74) is 1.70. The summed E-state index contributed by atoms with van der Waals surface area (Å²) in [7, 11) is 0. The first-order chi connectivity index (χ1) is 17.9. The number of anilines is 2. The number of carbonyl (C=O) groups is 2. The molecule has 0 bridgehead atoms. The Morgan fingerprint density at radius 2 is 2.14 bits per heavy atom. The van der Waals surface area contributed by atoms with Gasteiger partial charge in [0.05, 0.1) is 29.0 Å². The van der Waals surface area contributed by atoms with Crippen molar-refractivity contribution in [1.29, 1.82) is 0 Å². The van der Waals surface area contributed by atoms with E-state index in [2.05, 4.69) is 37.1 Å². The largest absolute Gasteiger partial charge is 0.391 e. The predicted octanol–water partition coefficient (Wildman–Crippen LogP) is 2.10. The van der Waals surface area contributed by atoms with E-state index in [-0.39, 0.29) is 30.5 Å². The van der Waals surface area contributed by atoms with Gasteiger partial charge in [0.25, 0.3) is 0 Å². The fourth-order valence-corrected chi connectivity index (χ4v) is 4.99. The fraction of sp³-hybridized carbons (Fsp3) is 0.250. The molecule has 0 spiro atoms. The Morgan fingerprint density at radius 1 is 1.27 bits per heavy atom. The van der Waals surface area contributed by atoms with Crippen molar-refractivity contribution in [2.24, 2.45) is 0 Å². The van der Waals surface area contributed by atoms with Crippen LogP contribution in [0.4, 0.5) is 15.3 Å². The lowest BCUT2D eigenvalue weighted by atomic mass is 10.2. The SMILES string of the molecule is C=CC(=O)N1C[C@H](O)C[C@H]1C(=O)NCCn1cnc2cnc(Nc3ncc(-c4ncccc4F)s3)cc21. The van der Waals surface area contributed by atoms with E-state index in [0.29, 0.717) is 34.4 Å². The minimum absolute atomic E-state index is 0.106. The molecule has 0 radical (unpaired) electrons. The number of nitrogens with zero attached hydrogens (tertiary/aromatic N) is 6. The van der Waals surface area contributed by atoms with E-state index in [9.17, 15) is 19.1 Å². The Hall–Kier alpha value is -4.23. The summed E-state index contributed by atoms with van der Waals surface area (Å²) in [6.07, 6.45) is 6.94. The van der Waals surface area contributed by atoms with E-state index >= 15 is 0 Å². The molecule has 1 aliphatic rings. The van der Waals surface area contributed by atoms with Gasteiger partial charge in [0, 0.05) is 44.5 Å². The highest BCUT2D eigenvalue weighted by Crippen LogP contribution is 2.31. The highest BCUT2D eigenvalue weighted by molar-refractivity contribution is 7.18. The van der Waals surface area contributed by atoms with Gasteiger partial charge >= 0.3 is 0 Å². The van der Waals surface area contributed by atoms with Crippen molar-refractivity contribution < 1.29 is 19.1 Å². The van der Waals surface area contributed by atoms with Gasteiger partial charge < -0.3 is 25.2 Å². The van der Waals surface area contributed by atoms with E-state index in [1.807, 2.05) is 10.6 Å². The number of pyridine rings is 2. The second-order valence-corrected chi connectivity index (χ2v) is 9.41. The lowest BCUT2D eigenvalue weighted by molar-refractivity contribution is -0.135. The number of amides is 2. The molecule has 37 heavy (non-hydrogen) atoms. The number of halogens is 1. The maximum Gasteiger partial charge on any atom is 0.246 e. The molecule has 13 heteroatoms. The lowest BCUT2D eigenvalue weighted by Gasteiger charge is -2.22. The molecule has 0 aliphatic carbocycles. The number of nitrogens with one attached hydrogen (secondary N) is 2. The molecule has 1 saturated heterocycles. The van der Waals surface area contributed by atoms with Crippen LogP contribution >= 0.6 is 11.3 Å². The third kappa shape index (κ3) is 5.17. The topological polar surface area (TPSA) is 138 Å². The highest BCUT2D eigenvalue weighted by Gasteiger charge is 2.37. The number of aromatic nitrogens is 5. The molecule has 1 fully saturated rings. The number of rotatable bonds is 8. The molecule has 5 rings (SSSR count). The molecule has 190 valence electrons. The van der Waals surface area contributed by atoms with Gasteiger partial charge in [-0.15, -0.1) is 0 Å². The summed E-state index contributed by atoms with van der Waals surface area (Å²) < 4.78 is 15.9. The maximum atomic E-state index is 14.0. The summed E-state index contributed by atoms with van der Waals surface area (Å²) in [6, 6.07) is 3.96. The number of thiazole rings is 1. The first-order valence-corrected chi connectivity index (χ1v) is 12.3. The Balaban J connectivity index is 1.24. The van der Waals surface area contributed by atoms with Crippen molar-refractivity contribution in [1.82, 2.24) is 34.7 Å². The second-order valence-electron chi connectivity index (χ2n) is 8.38. The number of likely N-dealkylation sites (tertiary alicyclic amines) is 1. The Bertz CT molecular complexity index is 1470. The van der Waals surface area contributed by atoms with Gasteiger partial charge in [0.1, 0.15) is 28.9 Å². The number of carbonyl (C=O) groups excluding carboxylic acids is 2. The van der Waals surface area contributed by atoms with Gasteiger partial charge in [-0.05, 0) is 18.2 Å². The minimum atomic E-state index is -0.743. The smallest absolute Gasteiger partial charge is 0.246 e. The highest BCUT2D eigenvalue weighted by atomic mass is 32.1. The van der Waals surface area contributed by atoms with Crippen molar-refractivity contribution >= 4 is 45.1 Å². The van der Waals surface area contributed by atoms with Crippen molar-refractivity contribution in [3.8, 4) is 10.6 Å². The Labute approximate surface area is 214 Å². The monoisotopic (exact) mass is 522 g/mol. The van der Waals surface area contributed by atoms with Crippen LogP contribution < -0.4 is 10.6 Å². The molecule has 11 nitrogen and oxygen atoms in total. The van der Waals surface area contributed by atoms with Crippen LogP contribution in [0.15, 0.2) is 55.8 Å². The number of fused-ring (bicyclic) bond motifs is 1. The molecule has 2 amide bonds. The first-order valence-electron chi connectivity index (χ1n) is 11.5. The number of β-amino-alcohol motifs (C(OH)–C–C–N with tert-alkyl or cyclic N) is 1. The van der Waals surface area contributed by atoms with Crippen molar-refractivity contribution in [3.63, 3.8) is 0 Å². The van der Waals surface area contributed by atoms with Crippen LogP contribution in [-0.4, -0.2) is 71.6 Å². The van der Waals surface area contributed by atoms with Crippen molar-refractivity contribution in [3.05, 3.63) is 61.6 Å². The predicted molar refractivity (Wildman–Crippen MR) is 135 cm³/mol. The summed E-state index contributed by atoms with van der Waals surface area (Å²) in [4.78, 5) is 43.7. The van der Waals surface area contributed by atoms with Crippen LogP contribution in [0.1, 0.15) is 6.42 Å². The molecule has 4 aromatic heterocycles. The van der Waals surface area contributed by atoms with E-state index < -0.39 is 18.0 Å². The Kier molecular flexibility index (Phi) is 6.88. The molecular weight excluding hydrogens is 499 g/mol. The Morgan fingerprint density at radius 3 is 2.95 bits per heavy atom. The zero-order valence-corrected chi connectivity index (χ0v) is 20.4. The summed E-state index contributed by atoms with van der Waals surface area (Å²) in [5, 5.41) is 16.4. The van der Waals surface area contributed by atoms with Gasteiger partial charge in [0.15, 0.2) is 5.13 Å². The molecule has 0 saturated carbocycles. The minimum Gasteiger partial charge on any atom is -0.391 e. The maximum absolute atomic E-state index is 14.0. The van der Waals surface area contributed by atoms with E-state index in [4.69, 9.17) is 0 Å². The van der Waals surface area contributed by atoms with Crippen LogP contribution in [0, 0.1) is 5.82 Å². The molecule has 0 unspecified atom stereocenters. The van der Waals surface area contributed by atoms with Gasteiger partial charge in [-0.2, -0.15) is 0 Å². The van der Waals surface area contributed by atoms with E-state index in [1.54, 1.807) is 18.7 Å². The number of hydrogen-bond donors (Lipinski definition) is 3. The van der Waals surface area contributed by atoms with Gasteiger partial charge in [-0.25, -0.2) is 19.3 Å². The van der Waals surface area contributed by atoms with E-state index in [0.717, 1.165) is 11.6 Å². The number of aliphatic hydroxyl groups excluding tert-OH is 1. The molecule has 1 aliphatic heterocycles. The van der Waals surface area contributed by atoms with Gasteiger partial charge in [-0.1, -0.05) is 17.9 Å². The van der Waals surface area contributed by atoms with Gasteiger partial charge in [0.2, 0.25) is 11.8 Å². The van der Waals surface area contributed by atoms with Crippen LogP contribution in [0.25, 0.3) is 21.6 Å². The third-order valence-corrected chi connectivity index (χ3v) is 6.85. The fourth-order valence-electron chi connectivity index (χ4n) is 4.17. The average Bonchev–Trinajstić information content (AvgIpc) is 3.62. The van der Waals surface area contributed by atoms with Crippen LogP contribution in [0.2, 0.25) is 0 Å². The number of aliphatic hydroxyl groups is 1. The normalized spacial score (nSPS) is 17.2. The van der Waals surface area contributed by atoms with E-state index in [1.165, 1.54) is 34.6 Å². The molecule has 2 atom stereocenters. The standard InChI is InChI=1S/C24H23FN8O3S/c1-2-21(35)33-12-14(34)8-18(33)23(36)27-6-7-32-13-30-16-10-28-20(9-17(16)32)31-24-29-11-19(37-24)22-15(25)4-3-5-26-22/h2-5,9-11,13-14,18,34H,1,6-8,12H2,(H,27,36)(H,28,29,31)/t14-,18+/m1/s1. The molecule has 4 aromatic rings. The second kappa shape index (κ2) is 10.4. The van der Waals surface area contributed by atoms with Crippen LogP contribution in [-0.2, 0) is 16.1 Å². The molecule has 3 N–H and O–H groups in total. The average molecular weight is 523 g/mol. The van der Waals surface area contributed by atoms with Crippen LogP contribution in [0.5, 0.6) is 0 Å². The zero-order chi connectivity index (χ0) is 25.9. The van der Waals surface area contributed by atoms with Crippen molar-refractivity contribution in [2.75, 3.05) is 18.4 Å². The quantitative estimate of drug-likeness (QED) is 0.299. The summed E-state index contributed by atoms with van der Waals surface area (Å²) in [5.74, 6) is -0.608. The van der Waals surface area contributed by atoms with Crippen LogP contribution in [0.3, 0.4) is 0 Å². The molecule has 0 aromatic carbocycles. The zero-order valence-electron chi connectivity index (χ0n) is 19.5. The van der Waals surface area contributed by atoms with Gasteiger partial charge in [-0.3, -0.25) is 14.6 Å². The lowest BCUT2D eigenvalue weighted by Crippen LogP contribution is -2.46. The summed E-state index contributed by atoms with van der Waals surface area (Å²) >= 11 is 1.25. The molecule has 5 heterocycles. The first kappa shape index (κ1) is 24.5. The molecular formula is C24H23FN8O3S. The number of hydrogen-bond acceptors (Lipinski definition) is 9. The summed E-state index contributed by atoms with van der Waals surface area (Å²) in [6.45, 7) is 4.28. The number of imidazole rings is 1. The van der Waals surface area contributed by atoms with Crippen molar-refractivity contribution in [2.45, 2.75) is 25.1 Å². The third-order valence-electron chi connectivity index (χ3n) is 5.93.